The first-order valence-electron chi connectivity index (χ1n) is 6.93. The largest absolute Gasteiger partial charge is 0.350 e. The van der Waals surface area contributed by atoms with Crippen LogP contribution in [-0.2, 0) is 0 Å². The molecule has 0 saturated heterocycles. The fourth-order valence-electron chi connectivity index (χ4n) is 2.09. The molecule has 0 saturated carbocycles. The summed E-state index contributed by atoms with van der Waals surface area (Å²) in [7, 11) is 0. The number of nitrogens with one attached hydrogen (secondary N) is 3. The molecule has 1 aromatic heterocycles. The zero-order valence-corrected chi connectivity index (χ0v) is 12.1. The van der Waals surface area contributed by atoms with Crippen LogP contribution in [0.15, 0.2) is 30.5 Å². The molecule has 21 heavy (non-hydrogen) atoms. The van der Waals surface area contributed by atoms with Gasteiger partial charge in [-0.15, -0.1) is 0 Å². The van der Waals surface area contributed by atoms with Crippen LogP contribution in [0.5, 0.6) is 0 Å². The van der Waals surface area contributed by atoms with E-state index in [1.165, 1.54) is 12.3 Å². The highest BCUT2D eigenvalue weighted by molar-refractivity contribution is 5.99. The van der Waals surface area contributed by atoms with Crippen molar-refractivity contribution in [2.24, 2.45) is 0 Å². The molecule has 1 atom stereocenters. The molecule has 1 heterocycles. The number of rotatable bonds is 6. The molecule has 3 N–H and O–H groups in total. The van der Waals surface area contributed by atoms with Gasteiger partial charge in [0.2, 0.25) is 0 Å². The van der Waals surface area contributed by atoms with Crippen molar-refractivity contribution in [2.45, 2.75) is 19.9 Å². The van der Waals surface area contributed by atoms with E-state index in [4.69, 9.17) is 0 Å². The topological polar surface area (TPSA) is 69.8 Å². The third kappa shape index (κ3) is 3.66. The number of benzene rings is 1. The van der Waals surface area contributed by atoms with Gasteiger partial charge < -0.3 is 10.6 Å². The second-order valence-corrected chi connectivity index (χ2v) is 4.81. The Bertz CT molecular complexity index is 611. The molecule has 0 radical (unpaired) electrons. The van der Waals surface area contributed by atoms with Gasteiger partial charge in [0, 0.05) is 18.2 Å². The van der Waals surface area contributed by atoms with Crippen molar-refractivity contribution in [3.8, 4) is 11.3 Å². The third-order valence-electron chi connectivity index (χ3n) is 3.15. The van der Waals surface area contributed by atoms with E-state index < -0.39 is 5.82 Å². The van der Waals surface area contributed by atoms with Gasteiger partial charge >= 0.3 is 0 Å². The highest BCUT2D eigenvalue weighted by atomic mass is 19.1. The maximum atomic E-state index is 13.8. The second-order valence-electron chi connectivity index (χ2n) is 4.81. The lowest BCUT2D eigenvalue weighted by Crippen LogP contribution is -2.38. The van der Waals surface area contributed by atoms with Crippen LogP contribution in [0, 0.1) is 5.82 Å². The molecule has 6 heteroatoms. The van der Waals surface area contributed by atoms with Crippen molar-refractivity contribution in [3.63, 3.8) is 0 Å². The van der Waals surface area contributed by atoms with E-state index in [-0.39, 0.29) is 11.9 Å². The molecule has 2 rings (SSSR count). The number of hydrogen-bond acceptors (Lipinski definition) is 3. The Balaban J connectivity index is 2.13. The van der Waals surface area contributed by atoms with Crippen molar-refractivity contribution in [1.82, 2.24) is 20.8 Å². The SMILES string of the molecule is CCN[C@H](C)CNC(=O)c1cn[nH]c1-c1ccccc1F. The maximum absolute atomic E-state index is 13.8. The lowest BCUT2D eigenvalue weighted by Gasteiger charge is -2.13. The van der Waals surface area contributed by atoms with Crippen molar-refractivity contribution >= 4 is 5.91 Å². The number of amides is 1. The quantitative estimate of drug-likeness (QED) is 0.761. The van der Waals surface area contributed by atoms with E-state index in [2.05, 4.69) is 20.8 Å². The molecular formula is C15H19FN4O. The number of carbonyl (C=O) groups is 1. The summed E-state index contributed by atoms with van der Waals surface area (Å²) in [6.07, 6.45) is 1.41. The van der Waals surface area contributed by atoms with Gasteiger partial charge in [-0.2, -0.15) is 5.10 Å². The summed E-state index contributed by atoms with van der Waals surface area (Å²) in [5.41, 5.74) is 1.06. The van der Waals surface area contributed by atoms with Gasteiger partial charge in [-0.25, -0.2) is 4.39 Å². The Morgan fingerprint density at radius 2 is 2.19 bits per heavy atom. The fourth-order valence-corrected chi connectivity index (χ4v) is 2.09. The van der Waals surface area contributed by atoms with E-state index >= 15 is 0 Å². The fraction of sp³-hybridized carbons (Fsp3) is 0.333. The average molecular weight is 290 g/mol. The summed E-state index contributed by atoms with van der Waals surface area (Å²) in [5, 5.41) is 12.6. The Kier molecular flexibility index (Phi) is 5.05. The van der Waals surface area contributed by atoms with E-state index in [0.717, 1.165) is 6.54 Å². The molecule has 0 spiro atoms. The number of halogens is 1. The predicted molar refractivity (Wildman–Crippen MR) is 79.5 cm³/mol. The van der Waals surface area contributed by atoms with Crippen molar-refractivity contribution in [1.29, 1.82) is 0 Å². The number of aromatic amines is 1. The molecule has 0 aliphatic heterocycles. The Hall–Kier alpha value is -2.21. The van der Waals surface area contributed by atoms with Gasteiger partial charge in [0.05, 0.1) is 17.5 Å². The van der Waals surface area contributed by atoms with Crippen LogP contribution in [0.3, 0.4) is 0 Å². The minimum atomic E-state index is -0.392. The van der Waals surface area contributed by atoms with E-state index in [1.807, 2.05) is 13.8 Å². The predicted octanol–water partition coefficient (Wildman–Crippen LogP) is 1.94. The molecule has 0 fully saturated rings. The summed E-state index contributed by atoms with van der Waals surface area (Å²) in [6.45, 7) is 5.32. The monoisotopic (exact) mass is 290 g/mol. The maximum Gasteiger partial charge on any atom is 0.255 e. The van der Waals surface area contributed by atoms with Crippen LogP contribution in [0.2, 0.25) is 0 Å². The molecule has 0 aliphatic rings. The van der Waals surface area contributed by atoms with Crippen LogP contribution in [0.1, 0.15) is 24.2 Å². The standard InChI is InChI=1S/C15H19FN4O/c1-3-17-10(2)8-18-15(21)12-9-19-20-14(12)11-6-4-5-7-13(11)16/h4-7,9-10,17H,3,8H2,1-2H3,(H,18,21)(H,19,20)/t10-/m1/s1. The molecule has 5 nitrogen and oxygen atoms in total. The first kappa shape index (κ1) is 15.2. The van der Waals surface area contributed by atoms with Crippen molar-refractivity contribution in [2.75, 3.05) is 13.1 Å². The molecule has 0 unspecified atom stereocenters. The van der Waals surface area contributed by atoms with Crippen LogP contribution in [-0.4, -0.2) is 35.2 Å². The van der Waals surface area contributed by atoms with Crippen LogP contribution < -0.4 is 10.6 Å². The van der Waals surface area contributed by atoms with Crippen LogP contribution in [0.25, 0.3) is 11.3 Å². The number of likely N-dealkylation sites (N-methyl/N-ethyl adjacent to an activating group) is 1. The molecule has 1 aromatic carbocycles. The second kappa shape index (κ2) is 6.99. The first-order valence-corrected chi connectivity index (χ1v) is 6.93. The molecular weight excluding hydrogens is 271 g/mol. The average Bonchev–Trinajstić information content (AvgIpc) is 2.95. The zero-order valence-electron chi connectivity index (χ0n) is 12.1. The summed E-state index contributed by atoms with van der Waals surface area (Å²) < 4.78 is 13.8. The summed E-state index contributed by atoms with van der Waals surface area (Å²) in [4.78, 5) is 12.2. The number of H-pyrrole nitrogens is 1. The lowest BCUT2D eigenvalue weighted by molar-refractivity contribution is 0.0951. The number of nitrogens with zero attached hydrogens (tertiary/aromatic N) is 1. The number of hydrogen-bond donors (Lipinski definition) is 3. The van der Waals surface area contributed by atoms with Gasteiger partial charge in [-0.1, -0.05) is 19.1 Å². The van der Waals surface area contributed by atoms with Gasteiger partial charge in [0.1, 0.15) is 5.82 Å². The van der Waals surface area contributed by atoms with Gasteiger partial charge in [-0.3, -0.25) is 9.89 Å². The molecule has 2 aromatic rings. The molecule has 0 bridgehead atoms. The smallest absolute Gasteiger partial charge is 0.255 e. The molecule has 0 aliphatic carbocycles. The first-order chi connectivity index (χ1) is 10.1. The van der Waals surface area contributed by atoms with Crippen LogP contribution in [0.4, 0.5) is 4.39 Å². The van der Waals surface area contributed by atoms with Crippen LogP contribution >= 0.6 is 0 Å². The van der Waals surface area contributed by atoms with Crippen molar-refractivity contribution < 1.29 is 9.18 Å². The van der Waals surface area contributed by atoms with Gasteiger partial charge in [0.15, 0.2) is 0 Å². The minimum absolute atomic E-state index is 0.169. The van der Waals surface area contributed by atoms with Gasteiger partial charge in [-0.05, 0) is 25.6 Å². The molecule has 112 valence electrons. The highest BCUT2D eigenvalue weighted by Gasteiger charge is 2.17. The van der Waals surface area contributed by atoms with E-state index in [1.54, 1.807) is 18.2 Å². The number of aromatic nitrogens is 2. The number of carbonyl (C=O) groups excluding carboxylic acids is 1. The lowest BCUT2D eigenvalue weighted by atomic mass is 10.1. The Morgan fingerprint density at radius 3 is 2.90 bits per heavy atom. The van der Waals surface area contributed by atoms with Gasteiger partial charge in [0.25, 0.3) is 5.91 Å². The van der Waals surface area contributed by atoms with E-state index in [0.29, 0.717) is 23.4 Å². The minimum Gasteiger partial charge on any atom is -0.350 e. The normalized spacial score (nSPS) is 12.1. The summed E-state index contributed by atoms with van der Waals surface area (Å²) in [6, 6.07) is 6.45. The third-order valence-corrected chi connectivity index (χ3v) is 3.15. The highest BCUT2D eigenvalue weighted by Crippen LogP contribution is 2.23. The summed E-state index contributed by atoms with van der Waals surface area (Å²) >= 11 is 0. The molecule has 1 amide bonds. The Labute approximate surface area is 123 Å². The Morgan fingerprint density at radius 1 is 1.43 bits per heavy atom. The van der Waals surface area contributed by atoms with E-state index in [9.17, 15) is 9.18 Å². The summed E-state index contributed by atoms with van der Waals surface area (Å²) in [5.74, 6) is -0.663. The van der Waals surface area contributed by atoms with Crippen molar-refractivity contribution in [3.05, 3.63) is 41.8 Å². The zero-order chi connectivity index (χ0) is 15.2.